The Hall–Kier alpha value is -3.03. The second kappa shape index (κ2) is 10.5. The summed E-state index contributed by atoms with van der Waals surface area (Å²) < 4.78 is 33.4. The fourth-order valence-electron chi connectivity index (χ4n) is 3.05. The Labute approximate surface area is 193 Å². The van der Waals surface area contributed by atoms with Crippen LogP contribution in [0.2, 0.25) is 5.02 Å². The molecule has 0 bridgehead atoms. The highest BCUT2D eigenvalue weighted by Gasteiger charge is 2.28. The molecule has 0 unspecified atom stereocenters. The van der Waals surface area contributed by atoms with Crippen LogP contribution in [-0.2, 0) is 14.8 Å². The summed E-state index contributed by atoms with van der Waals surface area (Å²) in [6, 6.07) is 20.6. The van der Waals surface area contributed by atoms with Crippen LogP contribution >= 0.6 is 11.6 Å². The summed E-state index contributed by atoms with van der Waals surface area (Å²) in [5.41, 5.74) is 2.16. The number of hydrogen-bond donors (Lipinski definition) is 1. The summed E-state index contributed by atoms with van der Waals surface area (Å²) in [5.74, 6) is 0.274. The number of carbonyl (C=O) groups is 1. The SMILES string of the molecule is Cc1ccc(S(=O)(=O)N(CC(=O)NCCOc2ccccc2C)c2ccccc2Cl)cc1. The van der Waals surface area contributed by atoms with Gasteiger partial charge in [-0.2, -0.15) is 0 Å². The van der Waals surface area contributed by atoms with Crippen LogP contribution < -0.4 is 14.4 Å². The molecule has 0 aromatic heterocycles. The van der Waals surface area contributed by atoms with E-state index in [9.17, 15) is 13.2 Å². The third-order valence-corrected chi connectivity index (χ3v) is 6.89. The Bertz CT molecular complexity index is 1180. The van der Waals surface area contributed by atoms with E-state index in [1.807, 2.05) is 38.1 Å². The number of amides is 1. The summed E-state index contributed by atoms with van der Waals surface area (Å²) in [7, 11) is -4.01. The molecule has 168 valence electrons. The van der Waals surface area contributed by atoms with Gasteiger partial charge in [0.05, 0.1) is 22.2 Å². The third-order valence-electron chi connectivity index (χ3n) is 4.79. The van der Waals surface area contributed by atoms with Crippen LogP contribution in [-0.4, -0.2) is 34.0 Å². The minimum atomic E-state index is -4.01. The highest BCUT2D eigenvalue weighted by molar-refractivity contribution is 7.92. The zero-order chi connectivity index (χ0) is 23.1. The smallest absolute Gasteiger partial charge is 0.264 e. The van der Waals surface area contributed by atoms with E-state index in [0.717, 1.165) is 21.2 Å². The van der Waals surface area contributed by atoms with Gasteiger partial charge >= 0.3 is 0 Å². The van der Waals surface area contributed by atoms with Crippen molar-refractivity contribution in [3.05, 3.63) is 88.9 Å². The lowest BCUT2D eigenvalue weighted by Crippen LogP contribution is -2.42. The van der Waals surface area contributed by atoms with Crippen molar-refractivity contribution in [3.63, 3.8) is 0 Å². The number of rotatable bonds is 9. The van der Waals surface area contributed by atoms with Gasteiger partial charge in [-0.05, 0) is 49.7 Å². The monoisotopic (exact) mass is 472 g/mol. The molecule has 1 amide bonds. The lowest BCUT2D eigenvalue weighted by molar-refractivity contribution is -0.119. The lowest BCUT2D eigenvalue weighted by Gasteiger charge is -2.25. The van der Waals surface area contributed by atoms with Crippen molar-refractivity contribution < 1.29 is 17.9 Å². The van der Waals surface area contributed by atoms with E-state index >= 15 is 0 Å². The zero-order valence-corrected chi connectivity index (χ0v) is 19.5. The molecule has 0 radical (unpaired) electrons. The van der Waals surface area contributed by atoms with Crippen molar-refractivity contribution in [1.82, 2.24) is 5.32 Å². The van der Waals surface area contributed by atoms with E-state index < -0.39 is 22.5 Å². The number of nitrogens with one attached hydrogen (secondary N) is 1. The number of halogens is 1. The van der Waals surface area contributed by atoms with Gasteiger partial charge in [-0.15, -0.1) is 0 Å². The van der Waals surface area contributed by atoms with Crippen LogP contribution in [0.15, 0.2) is 77.7 Å². The molecule has 8 heteroatoms. The lowest BCUT2D eigenvalue weighted by atomic mass is 10.2. The average Bonchev–Trinajstić information content (AvgIpc) is 2.77. The third kappa shape index (κ3) is 5.81. The largest absolute Gasteiger partial charge is 0.491 e. The molecule has 0 atom stereocenters. The number of anilines is 1. The quantitative estimate of drug-likeness (QED) is 0.470. The molecule has 1 N–H and O–H groups in total. The Kier molecular flexibility index (Phi) is 7.77. The van der Waals surface area contributed by atoms with Crippen molar-refractivity contribution in [2.45, 2.75) is 18.7 Å². The standard InChI is InChI=1S/C24H25ClN2O4S/c1-18-11-13-20(14-12-18)32(29,30)27(22-9-5-4-8-21(22)25)17-24(28)26-15-16-31-23-10-6-3-7-19(23)2/h3-14H,15-17H2,1-2H3,(H,26,28). The van der Waals surface area contributed by atoms with Gasteiger partial charge in [-0.3, -0.25) is 9.10 Å². The first-order chi connectivity index (χ1) is 15.3. The molecule has 32 heavy (non-hydrogen) atoms. The number of ether oxygens (including phenoxy) is 1. The van der Waals surface area contributed by atoms with Gasteiger partial charge < -0.3 is 10.1 Å². The van der Waals surface area contributed by atoms with Crippen LogP contribution in [0.1, 0.15) is 11.1 Å². The molecule has 0 heterocycles. The Morgan fingerprint density at radius 1 is 0.969 bits per heavy atom. The van der Waals surface area contributed by atoms with Gasteiger partial charge in [0, 0.05) is 0 Å². The van der Waals surface area contributed by atoms with E-state index in [-0.39, 0.29) is 28.8 Å². The topological polar surface area (TPSA) is 75.7 Å². The number of benzene rings is 3. The Morgan fingerprint density at radius 3 is 2.31 bits per heavy atom. The predicted octanol–water partition coefficient (Wildman–Crippen LogP) is 4.35. The minimum Gasteiger partial charge on any atom is -0.491 e. The summed E-state index contributed by atoms with van der Waals surface area (Å²) in [5, 5.41) is 2.95. The summed E-state index contributed by atoms with van der Waals surface area (Å²) in [4.78, 5) is 12.7. The van der Waals surface area contributed by atoms with Gasteiger partial charge in [-0.1, -0.05) is 59.6 Å². The highest BCUT2D eigenvalue weighted by Crippen LogP contribution is 2.30. The first-order valence-corrected chi connectivity index (χ1v) is 11.9. The van der Waals surface area contributed by atoms with Crippen molar-refractivity contribution in [3.8, 4) is 5.75 Å². The summed E-state index contributed by atoms with van der Waals surface area (Å²) in [6.07, 6.45) is 0. The number of sulfonamides is 1. The van der Waals surface area contributed by atoms with E-state index in [2.05, 4.69) is 5.32 Å². The van der Waals surface area contributed by atoms with E-state index in [1.54, 1.807) is 36.4 Å². The minimum absolute atomic E-state index is 0.0821. The van der Waals surface area contributed by atoms with Crippen LogP contribution in [0, 0.1) is 13.8 Å². The molecule has 3 aromatic rings. The van der Waals surface area contributed by atoms with Gasteiger partial charge in [0.1, 0.15) is 18.9 Å². The molecule has 0 aliphatic heterocycles. The molecule has 0 spiro atoms. The van der Waals surface area contributed by atoms with Crippen molar-refractivity contribution in [1.29, 1.82) is 0 Å². The molecule has 0 saturated heterocycles. The molecule has 6 nitrogen and oxygen atoms in total. The summed E-state index contributed by atoms with van der Waals surface area (Å²) in [6.45, 7) is 3.88. The number of carbonyl (C=O) groups excluding carboxylic acids is 1. The average molecular weight is 473 g/mol. The van der Waals surface area contributed by atoms with Gasteiger partial charge in [0.2, 0.25) is 5.91 Å². The first kappa shape index (κ1) is 23.6. The number of aryl methyl sites for hydroxylation is 2. The van der Waals surface area contributed by atoms with Crippen molar-refractivity contribution in [2.24, 2.45) is 0 Å². The normalized spacial score (nSPS) is 11.1. The maximum Gasteiger partial charge on any atom is 0.264 e. The van der Waals surface area contributed by atoms with Gasteiger partial charge in [0.15, 0.2) is 0 Å². The highest BCUT2D eigenvalue weighted by atomic mass is 35.5. The fourth-order valence-corrected chi connectivity index (χ4v) is 4.77. The predicted molar refractivity (Wildman–Crippen MR) is 127 cm³/mol. The zero-order valence-electron chi connectivity index (χ0n) is 17.9. The molecule has 0 saturated carbocycles. The maximum atomic E-state index is 13.3. The van der Waals surface area contributed by atoms with Crippen molar-refractivity contribution in [2.75, 3.05) is 24.0 Å². The van der Waals surface area contributed by atoms with Gasteiger partial charge in [0.25, 0.3) is 10.0 Å². The van der Waals surface area contributed by atoms with E-state index in [0.29, 0.717) is 0 Å². The number of hydrogen-bond acceptors (Lipinski definition) is 4. The van der Waals surface area contributed by atoms with Crippen LogP contribution in [0.3, 0.4) is 0 Å². The maximum absolute atomic E-state index is 13.3. The second-order valence-corrected chi connectivity index (χ2v) is 9.51. The number of para-hydroxylation sites is 2. The van der Waals surface area contributed by atoms with Crippen molar-refractivity contribution >= 4 is 33.2 Å². The molecule has 3 aromatic carbocycles. The molecular formula is C24H25ClN2O4S. The molecule has 0 aliphatic carbocycles. The van der Waals surface area contributed by atoms with E-state index in [4.69, 9.17) is 16.3 Å². The van der Waals surface area contributed by atoms with Crippen LogP contribution in [0.4, 0.5) is 5.69 Å². The first-order valence-electron chi connectivity index (χ1n) is 10.1. The Balaban J connectivity index is 1.73. The molecule has 3 rings (SSSR count). The Morgan fingerprint density at radius 2 is 1.62 bits per heavy atom. The van der Waals surface area contributed by atoms with E-state index in [1.165, 1.54) is 12.1 Å². The molecular weight excluding hydrogens is 448 g/mol. The summed E-state index contributed by atoms with van der Waals surface area (Å²) >= 11 is 6.27. The molecule has 0 aliphatic rings. The van der Waals surface area contributed by atoms with Gasteiger partial charge in [-0.25, -0.2) is 8.42 Å². The fraction of sp³-hybridized carbons (Fsp3) is 0.208. The second-order valence-electron chi connectivity index (χ2n) is 7.24. The van der Waals surface area contributed by atoms with Crippen LogP contribution in [0.5, 0.6) is 5.75 Å². The van der Waals surface area contributed by atoms with Crippen LogP contribution in [0.25, 0.3) is 0 Å². The number of nitrogens with zero attached hydrogens (tertiary/aromatic N) is 1. The molecule has 0 fully saturated rings.